The highest BCUT2D eigenvalue weighted by Crippen LogP contribution is 1.84. The molecule has 66 valence electrons. The van der Waals surface area contributed by atoms with Crippen molar-refractivity contribution in [3.63, 3.8) is 0 Å². The summed E-state index contributed by atoms with van der Waals surface area (Å²) in [6.45, 7) is 2.36. The molecular weight excluding hydrogens is 156 g/mol. The quantitative estimate of drug-likeness (QED) is 0.454. The van der Waals surface area contributed by atoms with Crippen LogP contribution in [0.1, 0.15) is 19.8 Å². The average Bonchev–Trinajstić information content (AvgIpc) is 2.45. The van der Waals surface area contributed by atoms with Crippen LogP contribution >= 0.6 is 0 Å². The second-order valence-electron chi connectivity index (χ2n) is 2.44. The van der Waals surface area contributed by atoms with Crippen LogP contribution in [0.5, 0.6) is 0 Å². The largest absolute Gasteiger partial charge is 0.345 e. The van der Waals surface area contributed by atoms with Gasteiger partial charge in [0.05, 0.1) is 6.54 Å². The first-order valence-electron chi connectivity index (χ1n) is 3.96. The number of nitrogens with zero attached hydrogens (tertiary/aromatic N) is 2. The zero-order valence-electron chi connectivity index (χ0n) is 7.00. The van der Waals surface area contributed by atoms with E-state index in [1.807, 2.05) is 0 Å². The second kappa shape index (κ2) is 4.48. The van der Waals surface area contributed by atoms with Crippen LogP contribution in [0.4, 0.5) is 0 Å². The number of carbonyl (C=O) groups excluding carboxylic acids is 1. The van der Waals surface area contributed by atoms with E-state index in [9.17, 15) is 4.79 Å². The molecule has 1 saturated heterocycles. The Labute approximate surface area is 70.9 Å². The number of unbranched alkanes of at least 4 members (excludes halogenated alkanes) is 1. The molecule has 1 amide bonds. The van der Waals surface area contributed by atoms with Crippen LogP contribution in [-0.2, 0) is 4.79 Å². The van der Waals surface area contributed by atoms with E-state index in [-0.39, 0.29) is 5.91 Å². The van der Waals surface area contributed by atoms with E-state index in [1.165, 1.54) is 0 Å². The van der Waals surface area contributed by atoms with E-state index in [0.717, 1.165) is 12.8 Å². The Morgan fingerprint density at radius 3 is 3.08 bits per heavy atom. The van der Waals surface area contributed by atoms with Crippen molar-refractivity contribution in [2.24, 2.45) is 10.2 Å². The molecule has 1 aliphatic heterocycles. The van der Waals surface area contributed by atoms with Gasteiger partial charge in [-0.1, -0.05) is 13.3 Å². The Morgan fingerprint density at radius 1 is 1.67 bits per heavy atom. The van der Waals surface area contributed by atoms with Crippen molar-refractivity contribution in [2.45, 2.75) is 19.8 Å². The molecule has 5 nitrogen and oxygen atoms in total. The molecule has 0 aromatic carbocycles. The lowest BCUT2D eigenvalue weighted by Gasteiger charge is -1.90. The summed E-state index contributed by atoms with van der Waals surface area (Å²) in [6, 6.07) is 0. The molecule has 5 heteroatoms. The summed E-state index contributed by atoms with van der Waals surface area (Å²) in [5, 5.41) is 12.8. The topological polar surface area (TPSA) is 65.8 Å². The van der Waals surface area contributed by atoms with Crippen LogP contribution in [0.25, 0.3) is 0 Å². The minimum atomic E-state index is -0.0700. The van der Waals surface area contributed by atoms with Crippen molar-refractivity contribution >= 4 is 18.1 Å². The number of nitrogens with one attached hydrogen (secondary N) is 2. The SMILES string of the molecule is CCC/C=N\N=C1\NCC(=O)N1. The third-order valence-corrected chi connectivity index (χ3v) is 1.33. The van der Waals surface area contributed by atoms with Gasteiger partial charge in [-0.15, -0.1) is 5.10 Å². The maximum absolute atomic E-state index is 10.6. The van der Waals surface area contributed by atoms with Gasteiger partial charge < -0.3 is 5.32 Å². The lowest BCUT2D eigenvalue weighted by atomic mass is 10.4. The van der Waals surface area contributed by atoms with Gasteiger partial charge in [-0.3, -0.25) is 10.1 Å². The number of guanidine groups is 1. The van der Waals surface area contributed by atoms with Gasteiger partial charge in [0.2, 0.25) is 11.9 Å². The zero-order chi connectivity index (χ0) is 8.81. The summed E-state index contributed by atoms with van der Waals surface area (Å²) in [6.07, 6.45) is 3.68. The normalized spacial score (nSPS) is 20.1. The molecule has 0 aromatic rings. The van der Waals surface area contributed by atoms with Crippen molar-refractivity contribution in [2.75, 3.05) is 6.54 Å². The van der Waals surface area contributed by atoms with Crippen molar-refractivity contribution in [3.8, 4) is 0 Å². The Balaban J connectivity index is 2.32. The molecular formula is C7H12N4O. The molecule has 0 saturated carbocycles. The summed E-state index contributed by atoms with van der Waals surface area (Å²) in [7, 11) is 0. The summed E-state index contributed by atoms with van der Waals surface area (Å²) in [5.74, 6) is 0.367. The first kappa shape index (κ1) is 8.70. The van der Waals surface area contributed by atoms with Crippen molar-refractivity contribution in [1.29, 1.82) is 0 Å². The van der Waals surface area contributed by atoms with Crippen LogP contribution in [0, 0.1) is 0 Å². The van der Waals surface area contributed by atoms with Gasteiger partial charge in [0.15, 0.2) is 0 Å². The minimum absolute atomic E-state index is 0.0700. The van der Waals surface area contributed by atoms with Crippen LogP contribution in [0.3, 0.4) is 0 Å². The molecule has 0 radical (unpaired) electrons. The highest BCUT2D eigenvalue weighted by atomic mass is 16.2. The fourth-order valence-electron chi connectivity index (χ4n) is 0.730. The molecule has 1 fully saturated rings. The maximum Gasteiger partial charge on any atom is 0.246 e. The van der Waals surface area contributed by atoms with Crippen molar-refractivity contribution in [1.82, 2.24) is 10.6 Å². The third kappa shape index (κ3) is 2.69. The lowest BCUT2D eigenvalue weighted by molar-refractivity contribution is -0.117. The van der Waals surface area contributed by atoms with E-state index in [2.05, 4.69) is 27.8 Å². The number of rotatable bonds is 3. The molecule has 0 aliphatic carbocycles. The standard InChI is InChI=1S/C7H12N4O/c1-2-3-4-9-11-7-8-5-6(12)10-7/h4H,2-3,5H2,1H3,(H2,8,10,11,12)/b9-4-. The van der Waals surface area contributed by atoms with Gasteiger partial charge in [0.25, 0.3) is 0 Å². The van der Waals surface area contributed by atoms with E-state index >= 15 is 0 Å². The average molecular weight is 168 g/mol. The Hall–Kier alpha value is -1.39. The Bertz CT molecular complexity index is 221. The van der Waals surface area contributed by atoms with E-state index in [1.54, 1.807) is 6.21 Å². The first-order valence-corrected chi connectivity index (χ1v) is 3.96. The van der Waals surface area contributed by atoms with Gasteiger partial charge in [-0.25, -0.2) is 0 Å². The van der Waals surface area contributed by atoms with Gasteiger partial charge in [0.1, 0.15) is 0 Å². The van der Waals surface area contributed by atoms with Crippen LogP contribution in [0.15, 0.2) is 10.2 Å². The minimum Gasteiger partial charge on any atom is -0.345 e. The summed E-state index contributed by atoms with van der Waals surface area (Å²) >= 11 is 0. The first-order chi connectivity index (χ1) is 5.83. The molecule has 0 aromatic heterocycles. The smallest absolute Gasteiger partial charge is 0.246 e. The second-order valence-corrected chi connectivity index (χ2v) is 2.44. The van der Waals surface area contributed by atoms with E-state index < -0.39 is 0 Å². The molecule has 12 heavy (non-hydrogen) atoms. The van der Waals surface area contributed by atoms with Crippen molar-refractivity contribution < 1.29 is 4.79 Å². The summed E-state index contributed by atoms with van der Waals surface area (Å²) in [5.41, 5.74) is 0. The van der Waals surface area contributed by atoms with Crippen LogP contribution in [0.2, 0.25) is 0 Å². The number of hydrogen-bond acceptors (Lipinski definition) is 3. The molecule has 0 bridgehead atoms. The molecule has 0 atom stereocenters. The molecule has 1 heterocycles. The van der Waals surface area contributed by atoms with E-state index in [0.29, 0.717) is 12.5 Å². The highest BCUT2D eigenvalue weighted by molar-refractivity contribution is 6.04. The van der Waals surface area contributed by atoms with Crippen molar-refractivity contribution in [3.05, 3.63) is 0 Å². The summed E-state index contributed by atoms with van der Waals surface area (Å²) < 4.78 is 0. The maximum atomic E-state index is 10.6. The molecule has 1 aliphatic rings. The highest BCUT2D eigenvalue weighted by Gasteiger charge is 2.13. The number of carbonyl (C=O) groups is 1. The predicted octanol–water partition coefficient (Wildman–Crippen LogP) is -0.152. The van der Waals surface area contributed by atoms with Gasteiger partial charge >= 0.3 is 0 Å². The van der Waals surface area contributed by atoms with E-state index in [4.69, 9.17) is 0 Å². The van der Waals surface area contributed by atoms with Crippen LogP contribution < -0.4 is 10.6 Å². The monoisotopic (exact) mass is 168 g/mol. The fraction of sp³-hybridized carbons (Fsp3) is 0.571. The third-order valence-electron chi connectivity index (χ3n) is 1.33. The predicted molar refractivity (Wildman–Crippen MR) is 47.0 cm³/mol. The molecule has 0 unspecified atom stereocenters. The van der Waals surface area contributed by atoms with Crippen LogP contribution in [-0.4, -0.2) is 24.6 Å². The number of hydrogen-bond donors (Lipinski definition) is 2. The van der Waals surface area contributed by atoms with Gasteiger partial charge in [-0.2, -0.15) is 5.10 Å². The Kier molecular flexibility index (Phi) is 3.25. The Morgan fingerprint density at radius 2 is 2.50 bits per heavy atom. The van der Waals surface area contributed by atoms with Gasteiger partial charge in [-0.05, 0) is 6.42 Å². The molecule has 2 N–H and O–H groups in total. The molecule has 0 spiro atoms. The lowest BCUT2D eigenvalue weighted by Crippen LogP contribution is -2.24. The fourth-order valence-corrected chi connectivity index (χ4v) is 0.730. The van der Waals surface area contributed by atoms with Gasteiger partial charge in [0, 0.05) is 6.21 Å². The number of amides is 1. The summed E-state index contributed by atoms with van der Waals surface area (Å²) in [4.78, 5) is 10.6. The molecule has 1 rings (SSSR count). The zero-order valence-corrected chi connectivity index (χ0v) is 7.00.